The third-order valence-electron chi connectivity index (χ3n) is 12.2. The number of fused-ring (bicyclic) bond motifs is 5. The molecule has 0 aliphatic heterocycles. The molecular formula is C32H50O9. The molecule has 0 radical (unpaired) electrons. The second-order valence-corrected chi connectivity index (χ2v) is 15.4. The summed E-state index contributed by atoms with van der Waals surface area (Å²) in [4.78, 5) is 40.4. The lowest BCUT2D eigenvalue weighted by molar-refractivity contribution is -0.195. The Balaban J connectivity index is 1.87. The second kappa shape index (κ2) is 9.68. The highest BCUT2D eigenvalue weighted by molar-refractivity contribution is 5.90. The molecule has 4 aliphatic carbocycles. The number of ketones is 2. The molecule has 0 spiro atoms. The van der Waals surface area contributed by atoms with Crippen molar-refractivity contribution in [2.24, 2.45) is 39.4 Å². The van der Waals surface area contributed by atoms with Crippen molar-refractivity contribution in [3.8, 4) is 0 Å². The van der Waals surface area contributed by atoms with E-state index < -0.39 is 80.9 Å². The summed E-state index contributed by atoms with van der Waals surface area (Å²) in [6.45, 7) is 15.0. The second-order valence-electron chi connectivity index (χ2n) is 15.4. The topological polar surface area (TPSA) is 162 Å². The van der Waals surface area contributed by atoms with Gasteiger partial charge in [-0.15, -0.1) is 0 Å². The lowest BCUT2D eigenvalue weighted by Gasteiger charge is -2.65. The number of carbonyl (C=O) groups excluding carboxylic acids is 3. The summed E-state index contributed by atoms with van der Waals surface area (Å²) in [5.41, 5.74) is -6.28. The Kier molecular flexibility index (Phi) is 7.62. The van der Waals surface area contributed by atoms with Crippen LogP contribution in [0.15, 0.2) is 11.6 Å². The van der Waals surface area contributed by atoms with Gasteiger partial charge in [0.25, 0.3) is 0 Å². The number of allylic oxidation sites excluding steroid dienone is 1. The van der Waals surface area contributed by atoms with Crippen molar-refractivity contribution < 1.29 is 44.7 Å². The van der Waals surface area contributed by atoms with Gasteiger partial charge in [-0.05, 0) is 57.3 Å². The van der Waals surface area contributed by atoms with E-state index in [0.717, 1.165) is 5.57 Å². The van der Waals surface area contributed by atoms with Crippen LogP contribution >= 0.6 is 0 Å². The fourth-order valence-electron chi connectivity index (χ4n) is 9.66. The summed E-state index contributed by atoms with van der Waals surface area (Å²) < 4.78 is 5.71. The molecule has 0 heterocycles. The molecule has 5 N–H and O–H groups in total. The molecule has 41 heavy (non-hydrogen) atoms. The van der Waals surface area contributed by atoms with Gasteiger partial charge in [-0.1, -0.05) is 46.3 Å². The van der Waals surface area contributed by atoms with E-state index in [4.69, 9.17) is 4.74 Å². The number of hydrogen-bond acceptors (Lipinski definition) is 9. The molecule has 3 fully saturated rings. The smallest absolute Gasteiger partial charge is 0.303 e. The first-order valence-corrected chi connectivity index (χ1v) is 14.9. The van der Waals surface area contributed by atoms with Gasteiger partial charge in [0.2, 0.25) is 0 Å². The summed E-state index contributed by atoms with van der Waals surface area (Å²) in [7, 11) is 0. The third kappa shape index (κ3) is 4.40. The molecule has 0 amide bonds. The van der Waals surface area contributed by atoms with Gasteiger partial charge in [-0.3, -0.25) is 14.4 Å². The van der Waals surface area contributed by atoms with Crippen molar-refractivity contribution in [2.45, 2.75) is 130 Å². The van der Waals surface area contributed by atoms with Crippen LogP contribution in [0.25, 0.3) is 0 Å². The lowest BCUT2D eigenvalue weighted by atomic mass is 9.38. The highest BCUT2D eigenvalue weighted by Gasteiger charge is 2.78. The molecule has 11 atom stereocenters. The summed E-state index contributed by atoms with van der Waals surface area (Å²) in [6.07, 6.45) is -2.04. The van der Waals surface area contributed by atoms with Gasteiger partial charge in [0, 0.05) is 41.9 Å². The van der Waals surface area contributed by atoms with Gasteiger partial charge in [0.1, 0.15) is 17.5 Å². The zero-order valence-electron chi connectivity index (χ0n) is 26.0. The van der Waals surface area contributed by atoms with E-state index in [9.17, 15) is 39.9 Å². The van der Waals surface area contributed by atoms with E-state index in [-0.39, 0.29) is 37.4 Å². The van der Waals surface area contributed by atoms with Crippen molar-refractivity contribution in [3.05, 3.63) is 11.6 Å². The maximum absolute atomic E-state index is 14.5. The Morgan fingerprint density at radius 3 is 2.15 bits per heavy atom. The largest absolute Gasteiger partial charge is 0.459 e. The Morgan fingerprint density at radius 2 is 1.61 bits per heavy atom. The summed E-state index contributed by atoms with van der Waals surface area (Å²) in [5.74, 6) is -3.27. The van der Waals surface area contributed by atoms with E-state index >= 15 is 0 Å². The van der Waals surface area contributed by atoms with Gasteiger partial charge in [-0.25, -0.2) is 0 Å². The molecule has 0 saturated heterocycles. The molecule has 9 nitrogen and oxygen atoms in total. The summed E-state index contributed by atoms with van der Waals surface area (Å²) in [6, 6.07) is 0. The highest BCUT2D eigenvalue weighted by Crippen LogP contribution is 2.74. The van der Waals surface area contributed by atoms with Crippen molar-refractivity contribution in [2.75, 3.05) is 0 Å². The van der Waals surface area contributed by atoms with E-state index in [1.807, 2.05) is 40.7 Å². The SMILES string of the molecule is CC(=O)O[C@H]1[C@H]([C@@](C)(O)C(=O)CCC(C)(C)O)[C@@]2(C)CC(=O)[C@@]3(C)[C@@H]4C[C@H](O)[C@@H](O)C(C)(C)C4=CC[C@H]3[C@]2(C)[C@H]1O. The van der Waals surface area contributed by atoms with Gasteiger partial charge >= 0.3 is 5.97 Å². The fourth-order valence-corrected chi connectivity index (χ4v) is 9.66. The fraction of sp³-hybridized carbons (Fsp3) is 0.844. The minimum Gasteiger partial charge on any atom is -0.459 e. The third-order valence-corrected chi connectivity index (χ3v) is 12.2. The van der Waals surface area contributed by atoms with Gasteiger partial charge in [0.15, 0.2) is 5.78 Å². The molecular weight excluding hydrogens is 528 g/mol. The number of ether oxygens (including phenoxy) is 1. The number of esters is 1. The zero-order valence-corrected chi connectivity index (χ0v) is 26.0. The molecule has 0 bridgehead atoms. The number of Topliss-reactive ketones (excluding diaryl/α,β-unsaturated/α-hetero) is 2. The van der Waals surface area contributed by atoms with E-state index in [0.29, 0.717) is 6.42 Å². The van der Waals surface area contributed by atoms with Gasteiger partial charge in [0.05, 0.1) is 23.9 Å². The maximum atomic E-state index is 14.5. The maximum Gasteiger partial charge on any atom is 0.303 e. The van der Waals surface area contributed by atoms with E-state index in [1.165, 1.54) is 13.8 Å². The van der Waals surface area contributed by atoms with Crippen LogP contribution in [-0.2, 0) is 19.1 Å². The number of carbonyl (C=O) groups is 3. The molecule has 0 aromatic heterocycles. The quantitative estimate of drug-likeness (QED) is 0.235. The van der Waals surface area contributed by atoms with Crippen LogP contribution in [0, 0.1) is 39.4 Å². The van der Waals surface area contributed by atoms with Crippen molar-refractivity contribution >= 4 is 17.5 Å². The average Bonchev–Trinajstić information content (AvgIpc) is 2.99. The molecule has 4 aliphatic rings. The van der Waals surface area contributed by atoms with E-state index in [2.05, 4.69) is 0 Å². The van der Waals surface area contributed by atoms with Crippen molar-refractivity contribution in [1.82, 2.24) is 0 Å². The minimum absolute atomic E-state index is 0.0756. The average molecular weight is 579 g/mol. The molecule has 0 aromatic carbocycles. The van der Waals surface area contributed by atoms with Crippen LogP contribution in [0.4, 0.5) is 0 Å². The molecule has 232 valence electrons. The molecule has 4 rings (SSSR count). The standard InChI is InChI=1S/C32H50O9/c1-16(33)41-23-24(32(9,40)21(35)12-13-27(2,3)39)29(6)15-22(36)30(7)18-14-19(34)25(37)28(4,5)17(18)10-11-20(30)31(29,8)26(23)38/h10,18-20,23-26,34,37-40H,11-15H2,1-9H3/t18-,19+,20-,23+,24+,25-,26+,29-,30+,31-,32+/m1/s1. The van der Waals surface area contributed by atoms with Crippen LogP contribution in [0.2, 0.25) is 0 Å². The molecule has 0 aromatic rings. The van der Waals surface area contributed by atoms with Crippen LogP contribution in [-0.4, -0.2) is 78.7 Å². The molecule has 3 saturated carbocycles. The normalized spacial score (nSPS) is 45.1. The predicted molar refractivity (Wildman–Crippen MR) is 150 cm³/mol. The lowest BCUT2D eigenvalue weighted by Crippen LogP contribution is -2.67. The van der Waals surface area contributed by atoms with Crippen LogP contribution in [0.3, 0.4) is 0 Å². The monoisotopic (exact) mass is 578 g/mol. The number of rotatable bonds is 6. The molecule has 0 unspecified atom stereocenters. The van der Waals surface area contributed by atoms with Gasteiger partial charge < -0.3 is 30.3 Å². The molecule has 9 heteroatoms. The zero-order chi connectivity index (χ0) is 31.3. The number of hydrogen-bond donors (Lipinski definition) is 5. The predicted octanol–water partition coefficient (Wildman–Crippen LogP) is 2.49. The van der Waals surface area contributed by atoms with Crippen LogP contribution < -0.4 is 0 Å². The van der Waals surface area contributed by atoms with E-state index in [1.54, 1.807) is 13.8 Å². The van der Waals surface area contributed by atoms with Crippen molar-refractivity contribution in [1.29, 1.82) is 0 Å². The number of aliphatic hydroxyl groups excluding tert-OH is 3. The first kappa shape index (κ1) is 32.3. The van der Waals surface area contributed by atoms with Crippen LogP contribution in [0.1, 0.15) is 94.4 Å². The summed E-state index contributed by atoms with van der Waals surface area (Å²) in [5, 5.41) is 56.0. The highest BCUT2D eigenvalue weighted by atomic mass is 16.6. The Hall–Kier alpha value is -1.65. The Labute approximate surface area is 243 Å². The number of aliphatic hydroxyl groups is 5. The minimum atomic E-state index is -2.07. The first-order chi connectivity index (χ1) is 18.5. The van der Waals surface area contributed by atoms with Gasteiger partial charge in [-0.2, -0.15) is 0 Å². The Bertz CT molecular complexity index is 1150. The first-order valence-electron chi connectivity index (χ1n) is 14.9. The van der Waals surface area contributed by atoms with Crippen molar-refractivity contribution in [3.63, 3.8) is 0 Å². The summed E-state index contributed by atoms with van der Waals surface area (Å²) >= 11 is 0. The Morgan fingerprint density at radius 1 is 1.02 bits per heavy atom. The van der Waals surface area contributed by atoms with Crippen LogP contribution in [0.5, 0.6) is 0 Å².